The zero-order valence-electron chi connectivity index (χ0n) is 18.6. The van der Waals surface area contributed by atoms with Crippen LogP contribution in [-0.2, 0) is 4.79 Å². The van der Waals surface area contributed by atoms with Crippen molar-refractivity contribution in [1.82, 2.24) is 9.88 Å². The molecule has 1 N–H and O–H groups in total. The van der Waals surface area contributed by atoms with Gasteiger partial charge in [-0.05, 0) is 37.1 Å². The van der Waals surface area contributed by atoms with Gasteiger partial charge in [-0.1, -0.05) is 37.5 Å². The number of carbonyl (C=O) groups excluding carboxylic acids is 1. The van der Waals surface area contributed by atoms with E-state index in [-0.39, 0.29) is 5.91 Å². The van der Waals surface area contributed by atoms with Gasteiger partial charge < -0.3 is 10.0 Å². The molecule has 1 aromatic heterocycles. The van der Waals surface area contributed by atoms with Gasteiger partial charge in [-0.15, -0.1) is 0 Å². The third kappa shape index (κ3) is 4.88. The smallest absolute Gasteiger partial charge is 0.237 e. The molecule has 2 heterocycles. The summed E-state index contributed by atoms with van der Waals surface area (Å²) in [5.74, 6) is 0.784. The number of halogens is 1. The van der Waals surface area contributed by atoms with Crippen molar-refractivity contribution in [3.63, 3.8) is 0 Å². The number of carbonyl (C=O) groups is 1. The van der Waals surface area contributed by atoms with Crippen molar-refractivity contribution in [3.05, 3.63) is 48.7 Å². The van der Waals surface area contributed by atoms with Crippen molar-refractivity contribution in [1.29, 1.82) is 0 Å². The van der Waals surface area contributed by atoms with Crippen molar-refractivity contribution >= 4 is 17.4 Å². The Balaban J connectivity index is 1.41. The lowest BCUT2D eigenvalue weighted by atomic mass is 9.74. The topological polar surface area (TPSA) is 59.9 Å². The molecule has 1 aliphatic heterocycles. The van der Waals surface area contributed by atoms with Crippen LogP contribution in [-0.4, -0.2) is 66.8 Å². The maximum Gasteiger partial charge on any atom is 0.237 e. The van der Waals surface area contributed by atoms with Crippen LogP contribution in [0.1, 0.15) is 32.1 Å². The summed E-state index contributed by atoms with van der Waals surface area (Å²) in [5.41, 5.74) is -0.0427. The molecular formula is C25H33FN4O2. The molecule has 1 aliphatic carbocycles. The number of hydrogen-bond donors (Lipinski definition) is 1. The van der Waals surface area contributed by atoms with Crippen molar-refractivity contribution in [2.45, 2.75) is 32.1 Å². The molecule has 1 amide bonds. The fourth-order valence-corrected chi connectivity index (χ4v) is 4.94. The second-order valence-corrected chi connectivity index (χ2v) is 8.94. The van der Waals surface area contributed by atoms with Crippen molar-refractivity contribution in [2.24, 2.45) is 5.41 Å². The van der Waals surface area contributed by atoms with E-state index < -0.39 is 12.1 Å². The number of hydrogen-bond acceptors (Lipinski definition) is 5. The van der Waals surface area contributed by atoms with Crippen LogP contribution in [0.15, 0.2) is 48.7 Å². The number of rotatable bonds is 7. The molecule has 172 valence electrons. The Kier molecular flexibility index (Phi) is 7.25. The largest absolute Gasteiger partial charge is 0.506 e. The molecule has 0 bridgehead atoms. The maximum absolute atomic E-state index is 14.2. The molecule has 0 unspecified atom stereocenters. The van der Waals surface area contributed by atoms with E-state index in [4.69, 9.17) is 0 Å². The number of aromatic nitrogens is 1. The molecule has 0 atom stereocenters. The Labute approximate surface area is 189 Å². The van der Waals surface area contributed by atoms with E-state index in [9.17, 15) is 14.3 Å². The normalized spacial score (nSPS) is 19.0. The van der Waals surface area contributed by atoms with Gasteiger partial charge in [0.25, 0.3) is 0 Å². The minimum absolute atomic E-state index is 0.119. The molecule has 4 rings (SSSR count). The van der Waals surface area contributed by atoms with Gasteiger partial charge in [0.1, 0.15) is 18.2 Å². The van der Waals surface area contributed by atoms with Gasteiger partial charge in [-0.2, -0.15) is 0 Å². The molecule has 1 saturated carbocycles. The standard InChI is InChI=1S/C25H33FN4O2/c26-20-25(11-5-1-6-12-25)24(32)30(23-10-4-7-13-27-23)19-16-28-14-17-29(18-15-28)21-8-2-3-9-22(21)31/h2-4,7-10,13,31H,1,5-6,11-12,14-20H2. The Morgan fingerprint density at radius 3 is 2.41 bits per heavy atom. The van der Waals surface area contributed by atoms with Crippen LogP contribution >= 0.6 is 0 Å². The van der Waals surface area contributed by atoms with E-state index in [2.05, 4.69) is 14.8 Å². The summed E-state index contributed by atoms with van der Waals surface area (Å²) in [6.45, 7) is 3.90. The average Bonchev–Trinajstić information content (AvgIpc) is 2.86. The lowest BCUT2D eigenvalue weighted by Crippen LogP contribution is -2.52. The number of phenols is 1. The second-order valence-electron chi connectivity index (χ2n) is 8.94. The van der Waals surface area contributed by atoms with Crippen molar-refractivity contribution < 1.29 is 14.3 Å². The molecule has 2 fully saturated rings. The summed E-state index contributed by atoms with van der Waals surface area (Å²) in [6.07, 6.45) is 5.79. The monoisotopic (exact) mass is 440 g/mol. The molecule has 0 spiro atoms. The molecular weight excluding hydrogens is 407 g/mol. The first-order valence-electron chi connectivity index (χ1n) is 11.7. The Hall–Kier alpha value is -2.67. The van der Waals surface area contributed by atoms with E-state index >= 15 is 0 Å². The Bertz CT molecular complexity index is 881. The predicted molar refractivity (Wildman–Crippen MR) is 125 cm³/mol. The van der Waals surface area contributed by atoms with Crippen LogP contribution in [0.25, 0.3) is 0 Å². The Morgan fingerprint density at radius 2 is 1.75 bits per heavy atom. The van der Waals surface area contributed by atoms with Gasteiger partial charge in [-0.3, -0.25) is 14.6 Å². The van der Waals surface area contributed by atoms with E-state index in [1.54, 1.807) is 17.2 Å². The van der Waals surface area contributed by atoms with Crippen LogP contribution in [0.5, 0.6) is 5.75 Å². The summed E-state index contributed by atoms with van der Waals surface area (Å²) in [7, 11) is 0. The van der Waals surface area contributed by atoms with E-state index in [1.807, 2.05) is 36.4 Å². The van der Waals surface area contributed by atoms with Gasteiger partial charge in [0, 0.05) is 45.5 Å². The highest BCUT2D eigenvalue weighted by atomic mass is 19.1. The average molecular weight is 441 g/mol. The van der Waals surface area contributed by atoms with Gasteiger partial charge in [0.2, 0.25) is 5.91 Å². The number of piperazine rings is 1. The van der Waals surface area contributed by atoms with Crippen LogP contribution < -0.4 is 9.80 Å². The molecule has 32 heavy (non-hydrogen) atoms. The zero-order valence-corrected chi connectivity index (χ0v) is 18.6. The maximum atomic E-state index is 14.2. The number of para-hydroxylation sites is 2. The quantitative estimate of drug-likeness (QED) is 0.709. The van der Waals surface area contributed by atoms with Crippen molar-refractivity contribution in [2.75, 3.05) is 55.7 Å². The number of pyridine rings is 1. The number of aromatic hydroxyl groups is 1. The lowest BCUT2D eigenvalue weighted by molar-refractivity contribution is -0.131. The first kappa shape index (κ1) is 22.5. The molecule has 7 heteroatoms. The molecule has 2 aromatic rings. The van der Waals surface area contributed by atoms with Crippen LogP contribution in [0.2, 0.25) is 0 Å². The number of benzene rings is 1. The molecule has 1 aromatic carbocycles. The number of amides is 1. The minimum atomic E-state index is -0.903. The SMILES string of the molecule is O=C(N(CCN1CCN(c2ccccc2O)CC1)c1ccccn1)C1(CF)CCCCC1. The highest BCUT2D eigenvalue weighted by Crippen LogP contribution is 2.39. The first-order chi connectivity index (χ1) is 15.6. The summed E-state index contributed by atoms with van der Waals surface area (Å²) in [5, 5.41) is 10.1. The van der Waals surface area contributed by atoms with E-state index in [0.717, 1.165) is 51.1 Å². The summed E-state index contributed by atoms with van der Waals surface area (Å²) in [6, 6.07) is 12.9. The fraction of sp³-hybridized carbons (Fsp3) is 0.520. The number of alkyl halides is 1. The number of nitrogens with zero attached hydrogens (tertiary/aromatic N) is 4. The van der Waals surface area contributed by atoms with Gasteiger partial charge in [-0.25, -0.2) is 9.37 Å². The zero-order chi connectivity index (χ0) is 22.4. The summed E-state index contributed by atoms with van der Waals surface area (Å²) >= 11 is 0. The second kappa shape index (κ2) is 10.3. The summed E-state index contributed by atoms with van der Waals surface area (Å²) < 4.78 is 14.2. The van der Waals surface area contributed by atoms with E-state index in [1.165, 1.54) is 0 Å². The van der Waals surface area contributed by atoms with Gasteiger partial charge in [0.05, 0.1) is 11.1 Å². The van der Waals surface area contributed by atoms with Crippen LogP contribution in [0.4, 0.5) is 15.9 Å². The highest BCUT2D eigenvalue weighted by molar-refractivity contribution is 5.97. The highest BCUT2D eigenvalue weighted by Gasteiger charge is 2.43. The van der Waals surface area contributed by atoms with Gasteiger partial charge >= 0.3 is 0 Å². The lowest BCUT2D eigenvalue weighted by Gasteiger charge is -2.39. The fourth-order valence-electron chi connectivity index (χ4n) is 4.94. The number of phenolic OH excluding ortho intramolecular Hbond substituents is 1. The first-order valence-corrected chi connectivity index (χ1v) is 11.7. The van der Waals surface area contributed by atoms with Crippen LogP contribution in [0, 0.1) is 5.41 Å². The molecule has 1 saturated heterocycles. The Morgan fingerprint density at radius 1 is 1.03 bits per heavy atom. The summed E-state index contributed by atoms with van der Waals surface area (Å²) in [4.78, 5) is 24.2. The minimum Gasteiger partial charge on any atom is -0.506 e. The third-order valence-corrected chi connectivity index (χ3v) is 6.93. The molecule has 0 radical (unpaired) electrons. The van der Waals surface area contributed by atoms with Crippen molar-refractivity contribution in [3.8, 4) is 5.75 Å². The third-order valence-electron chi connectivity index (χ3n) is 6.93. The van der Waals surface area contributed by atoms with Crippen LogP contribution in [0.3, 0.4) is 0 Å². The van der Waals surface area contributed by atoms with E-state index in [0.29, 0.717) is 37.5 Å². The predicted octanol–water partition coefficient (Wildman–Crippen LogP) is 3.86. The number of anilines is 2. The van der Waals surface area contributed by atoms with Gasteiger partial charge in [0.15, 0.2) is 0 Å². The molecule has 2 aliphatic rings. The molecule has 6 nitrogen and oxygen atoms in total.